The van der Waals surface area contributed by atoms with Crippen molar-refractivity contribution in [2.75, 3.05) is 44.9 Å². The van der Waals surface area contributed by atoms with Crippen LogP contribution in [0.2, 0.25) is 0 Å². The van der Waals surface area contributed by atoms with E-state index in [0.717, 1.165) is 35.8 Å². The molecule has 0 radical (unpaired) electrons. The number of nitrogens with zero attached hydrogens (tertiary/aromatic N) is 3. The van der Waals surface area contributed by atoms with Crippen LogP contribution in [0.3, 0.4) is 0 Å². The summed E-state index contributed by atoms with van der Waals surface area (Å²) in [6.07, 6.45) is 0. The number of carbonyl (C=O) groups excluding carboxylic acids is 1. The summed E-state index contributed by atoms with van der Waals surface area (Å²) in [5, 5.41) is 14.4. The summed E-state index contributed by atoms with van der Waals surface area (Å²) in [5.74, 6) is 3.27. The Balaban J connectivity index is 1.41. The van der Waals surface area contributed by atoms with Gasteiger partial charge in [0.25, 0.3) is 0 Å². The van der Waals surface area contributed by atoms with Crippen LogP contribution in [0, 0.1) is 0 Å². The van der Waals surface area contributed by atoms with E-state index in [2.05, 4.69) is 25.7 Å². The van der Waals surface area contributed by atoms with Crippen LogP contribution in [0.4, 0.5) is 5.69 Å². The molecule has 1 unspecified atom stereocenters. The molecule has 0 spiro atoms. The van der Waals surface area contributed by atoms with Gasteiger partial charge in [0.05, 0.1) is 18.4 Å². The van der Waals surface area contributed by atoms with Crippen molar-refractivity contribution in [3.05, 3.63) is 60.5 Å². The van der Waals surface area contributed by atoms with Gasteiger partial charge in [-0.1, -0.05) is 18.2 Å². The number of rotatable bonds is 13. The molecule has 1 aromatic heterocycles. The highest BCUT2D eigenvalue weighted by molar-refractivity contribution is 7.98. The van der Waals surface area contributed by atoms with Crippen LogP contribution in [0.1, 0.15) is 12.8 Å². The van der Waals surface area contributed by atoms with Gasteiger partial charge < -0.3 is 24.7 Å². The predicted octanol–water partition coefficient (Wildman–Crippen LogP) is 3.53. The molecule has 2 aromatic carbocycles. The topological polar surface area (TPSA) is 92.5 Å². The number of hydrogen-bond donors (Lipinski definition) is 2. The molecule has 0 aliphatic rings. The lowest BCUT2D eigenvalue weighted by Crippen LogP contribution is -2.41. The van der Waals surface area contributed by atoms with Crippen LogP contribution in [-0.2, 0) is 10.5 Å². The first-order valence-corrected chi connectivity index (χ1v) is 12.0. The van der Waals surface area contributed by atoms with Crippen molar-refractivity contribution in [2.45, 2.75) is 18.7 Å². The molecule has 8 nitrogen and oxygen atoms in total. The standard InChI is InChI=1S/C24H31N5O3S/c1-18(25-13-14-29(2)3)23(30)26-20-11-9-19(10-12-20)24-28-27-22(32-24)17-33-16-15-31-21-7-5-4-6-8-21/h4-12,18,25H,13-17H2,1-3H3,(H,26,30). The lowest BCUT2D eigenvalue weighted by Gasteiger charge is -2.16. The van der Waals surface area contributed by atoms with Gasteiger partial charge in [-0.3, -0.25) is 4.79 Å². The van der Waals surface area contributed by atoms with Crippen molar-refractivity contribution in [3.8, 4) is 17.2 Å². The molecule has 0 saturated heterocycles. The van der Waals surface area contributed by atoms with Crippen molar-refractivity contribution in [2.24, 2.45) is 0 Å². The number of aromatic nitrogens is 2. The fourth-order valence-corrected chi connectivity index (χ4v) is 3.50. The number of likely N-dealkylation sites (N-methyl/N-ethyl adjacent to an activating group) is 1. The van der Waals surface area contributed by atoms with Gasteiger partial charge in [0.2, 0.25) is 17.7 Å². The zero-order valence-corrected chi connectivity index (χ0v) is 20.1. The molecular weight excluding hydrogens is 438 g/mol. The molecule has 0 bridgehead atoms. The third-order valence-corrected chi connectivity index (χ3v) is 5.64. The Bertz CT molecular complexity index is 979. The molecule has 0 aliphatic carbocycles. The maximum absolute atomic E-state index is 12.3. The molecule has 1 amide bonds. The molecule has 0 fully saturated rings. The van der Waals surface area contributed by atoms with Crippen LogP contribution in [0.5, 0.6) is 5.75 Å². The average molecular weight is 470 g/mol. The fourth-order valence-electron chi connectivity index (χ4n) is 2.87. The number of benzene rings is 2. The number of ether oxygens (including phenoxy) is 1. The summed E-state index contributed by atoms with van der Waals surface area (Å²) in [5.41, 5.74) is 1.53. The van der Waals surface area contributed by atoms with Gasteiger partial charge in [-0.2, -0.15) is 0 Å². The van der Waals surface area contributed by atoms with Crippen LogP contribution in [0.15, 0.2) is 59.0 Å². The van der Waals surface area contributed by atoms with Crippen molar-refractivity contribution in [1.82, 2.24) is 20.4 Å². The first-order chi connectivity index (χ1) is 16.0. The highest BCUT2D eigenvalue weighted by atomic mass is 32.2. The van der Waals surface area contributed by atoms with Crippen LogP contribution in [-0.4, -0.2) is 66.6 Å². The Morgan fingerprint density at radius 1 is 1.12 bits per heavy atom. The van der Waals surface area contributed by atoms with Crippen molar-refractivity contribution in [1.29, 1.82) is 0 Å². The Morgan fingerprint density at radius 3 is 2.61 bits per heavy atom. The zero-order chi connectivity index (χ0) is 23.5. The number of nitrogens with one attached hydrogen (secondary N) is 2. The first kappa shape index (κ1) is 24.8. The lowest BCUT2D eigenvalue weighted by molar-refractivity contribution is -0.117. The minimum atomic E-state index is -0.279. The molecule has 3 rings (SSSR count). The molecule has 3 aromatic rings. The van der Waals surface area contributed by atoms with E-state index in [1.807, 2.05) is 75.6 Å². The summed E-state index contributed by atoms with van der Waals surface area (Å²) < 4.78 is 11.4. The van der Waals surface area contributed by atoms with Gasteiger partial charge in [0.15, 0.2) is 0 Å². The third-order valence-electron chi connectivity index (χ3n) is 4.73. The van der Waals surface area contributed by atoms with E-state index in [9.17, 15) is 4.79 Å². The SMILES string of the molecule is CC(NCCN(C)C)C(=O)Nc1ccc(-c2nnc(CSCCOc3ccccc3)o2)cc1. The monoisotopic (exact) mass is 469 g/mol. The van der Waals surface area contributed by atoms with Gasteiger partial charge in [-0.15, -0.1) is 22.0 Å². The van der Waals surface area contributed by atoms with E-state index < -0.39 is 0 Å². The number of anilines is 1. The number of thioether (sulfide) groups is 1. The molecule has 0 aliphatic heterocycles. The Hall–Kier alpha value is -2.88. The summed E-state index contributed by atoms with van der Waals surface area (Å²) in [6.45, 7) is 4.09. The van der Waals surface area contributed by atoms with Gasteiger partial charge in [0.1, 0.15) is 5.75 Å². The normalized spacial score (nSPS) is 12.0. The van der Waals surface area contributed by atoms with E-state index >= 15 is 0 Å². The summed E-state index contributed by atoms with van der Waals surface area (Å²) >= 11 is 1.68. The van der Waals surface area contributed by atoms with Crippen LogP contribution in [0.25, 0.3) is 11.5 Å². The summed E-state index contributed by atoms with van der Waals surface area (Å²) in [4.78, 5) is 14.4. The molecule has 33 heavy (non-hydrogen) atoms. The summed E-state index contributed by atoms with van der Waals surface area (Å²) in [6, 6.07) is 16.9. The molecule has 176 valence electrons. The van der Waals surface area contributed by atoms with E-state index in [0.29, 0.717) is 24.1 Å². The van der Waals surface area contributed by atoms with E-state index in [1.54, 1.807) is 11.8 Å². The number of amides is 1. The van der Waals surface area contributed by atoms with Gasteiger partial charge in [-0.25, -0.2) is 0 Å². The molecule has 1 atom stereocenters. The van der Waals surface area contributed by atoms with Crippen molar-refractivity contribution < 1.29 is 13.9 Å². The number of hydrogen-bond acceptors (Lipinski definition) is 8. The zero-order valence-electron chi connectivity index (χ0n) is 19.3. The second kappa shape index (κ2) is 13.0. The fraction of sp³-hybridized carbons (Fsp3) is 0.375. The Labute approximate surface area is 199 Å². The minimum absolute atomic E-state index is 0.0742. The van der Waals surface area contributed by atoms with Crippen LogP contribution >= 0.6 is 11.8 Å². The molecule has 2 N–H and O–H groups in total. The quantitative estimate of drug-likeness (QED) is 0.367. The van der Waals surface area contributed by atoms with Gasteiger partial charge in [0, 0.05) is 30.1 Å². The van der Waals surface area contributed by atoms with E-state index in [1.165, 1.54) is 0 Å². The highest BCUT2D eigenvalue weighted by Crippen LogP contribution is 2.22. The van der Waals surface area contributed by atoms with Crippen LogP contribution < -0.4 is 15.4 Å². The van der Waals surface area contributed by atoms with Crippen molar-refractivity contribution in [3.63, 3.8) is 0 Å². The minimum Gasteiger partial charge on any atom is -0.493 e. The molecule has 1 heterocycles. The number of carbonyl (C=O) groups is 1. The van der Waals surface area contributed by atoms with Gasteiger partial charge in [-0.05, 0) is 57.4 Å². The number of para-hydroxylation sites is 1. The molecule has 9 heteroatoms. The maximum Gasteiger partial charge on any atom is 0.247 e. The Morgan fingerprint density at radius 2 is 1.88 bits per heavy atom. The average Bonchev–Trinajstić information content (AvgIpc) is 3.28. The maximum atomic E-state index is 12.3. The molecule has 0 saturated carbocycles. The second-order valence-corrected chi connectivity index (χ2v) is 8.87. The van der Waals surface area contributed by atoms with E-state index in [4.69, 9.17) is 9.15 Å². The first-order valence-electron chi connectivity index (χ1n) is 10.9. The highest BCUT2D eigenvalue weighted by Gasteiger charge is 2.13. The third kappa shape index (κ3) is 8.53. The summed E-state index contributed by atoms with van der Waals surface area (Å²) in [7, 11) is 4.00. The lowest BCUT2D eigenvalue weighted by atomic mass is 10.2. The predicted molar refractivity (Wildman–Crippen MR) is 132 cm³/mol. The van der Waals surface area contributed by atoms with E-state index in [-0.39, 0.29) is 11.9 Å². The Kier molecular flexibility index (Phi) is 9.74. The second-order valence-electron chi connectivity index (χ2n) is 7.76. The van der Waals surface area contributed by atoms with Gasteiger partial charge >= 0.3 is 0 Å². The largest absolute Gasteiger partial charge is 0.493 e. The van der Waals surface area contributed by atoms with Crippen molar-refractivity contribution >= 4 is 23.4 Å². The smallest absolute Gasteiger partial charge is 0.247 e. The molecular formula is C24H31N5O3S.